The standard InChI is InChI=1S/C24H25BrN2O4S/c1-15-5-6-21(13-16(15)2)27-32(29,30)22-9-7-20(8-10-22)26-23(28)14-31-24-17(3)11-19(25)12-18(24)4/h5-13,27H,14H2,1-4H3,(H,26,28). The fraction of sp³-hybridized carbons (Fsp3) is 0.208. The van der Waals surface area contributed by atoms with Crippen LogP contribution in [0.4, 0.5) is 11.4 Å². The van der Waals surface area contributed by atoms with Crippen LogP contribution in [-0.2, 0) is 14.8 Å². The van der Waals surface area contributed by atoms with Gasteiger partial charge in [-0.25, -0.2) is 8.42 Å². The maximum absolute atomic E-state index is 12.7. The van der Waals surface area contributed by atoms with E-state index in [4.69, 9.17) is 4.74 Å². The Hall–Kier alpha value is -2.84. The van der Waals surface area contributed by atoms with Crippen molar-refractivity contribution in [1.82, 2.24) is 0 Å². The largest absolute Gasteiger partial charge is 0.483 e. The quantitative estimate of drug-likeness (QED) is 0.434. The van der Waals surface area contributed by atoms with Gasteiger partial charge < -0.3 is 10.1 Å². The molecule has 0 fully saturated rings. The third-order valence-electron chi connectivity index (χ3n) is 4.98. The number of ether oxygens (including phenoxy) is 1. The molecule has 0 aliphatic heterocycles. The lowest BCUT2D eigenvalue weighted by Crippen LogP contribution is -2.20. The van der Waals surface area contributed by atoms with Crippen LogP contribution in [0.25, 0.3) is 0 Å². The summed E-state index contributed by atoms with van der Waals surface area (Å²) in [4.78, 5) is 12.4. The SMILES string of the molecule is Cc1ccc(NS(=O)(=O)c2ccc(NC(=O)COc3c(C)cc(Br)cc3C)cc2)cc1C. The number of benzene rings is 3. The lowest BCUT2D eigenvalue weighted by molar-refractivity contribution is -0.118. The molecule has 3 aromatic carbocycles. The van der Waals surface area contributed by atoms with E-state index >= 15 is 0 Å². The molecule has 1 amide bonds. The topological polar surface area (TPSA) is 84.5 Å². The van der Waals surface area contributed by atoms with Gasteiger partial charge in [0.05, 0.1) is 4.90 Å². The molecule has 0 heterocycles. The molecule has 6 nitrogen and oxygen atoms in total. The van der Waals surface area contributed by atoms with E-state index in [0.29, 0.717) is 17.1 Å². The lowest BCUT2D eigenvalue weighted by atomic mass is 10.1. The molecule has 32 heavy (non-hydrogen) atoms. The minimum absolute atomic E-state index is 0.103. The van der Waals surface area contributed by atoms with Gasteiger partial charge in [0.2, 0.25) is 0 Å². The van der Waals surface area contributed by atoms with E-state index in [2.05, 4.69) is 26.0 Å². The smallest absolute Gasteiger partial charge is 0.262 e. The molecule has 0 bridgehead atoms. The maximum atomic E-state index is 12.7. The highest BCUT2D eigenvalue weighted by molar-refractivity contribution is 9.10. The maximum Gasteiger partial charge on any atom is 0.262 e. The fourth-order valence-corrected chi connectivity index (χ4v) is 4.93. The monoisotopic (exact) mass is 516 g/mol. The first-order chi connectivity index (χ1) is 15.0. The summed E-state index contributed by atoms with van der Waals surface area (Å²) < 4.78 is 34.5. The number of aryl methyl sites for hydroxylation is 4. The second-order valence-electron chi connectivity index (χ2n) is 7.63. The van der Waals surface area contributed by atoms with Crippen LogP contribution in [0.15, 0.2) is 64.0 Å². The van der Waals surface area contributed by atoms with Gasteiger partial charge in [-0.05, 0) is 98.5 Å². The molecule has 0 saturated carbocycles. The van der Waals surface area contributed by atoms with Gasteiger partial charge in [0, 0.05) is 15.8 Å². The number of hydrogen-bond acceptors (Lipinski definition) is 4. The van der Waals surface area contributed by atoms with E-state index in [-0.39, 0.29) is 17.4 Å². The predicted molar refractivity (Wildman–Crippen MR) is 131 cm³/mol. The Morgan fingerprint density at radius 1 is 0.844 bits per heavy atom. The summed E-state index contributed by atoms with van der Waals surface area (Å²) in [5.74, 6) is 0.331. The van der Waals surface area contributed by atoms with Crippen molar-refractivity contribution in [3.63, 3.8) is 0 Å². The van der Waals surface area contributed by atoms with Crippen molar-refractivity contribution in [2.75, 3.05) is 16.6 Å². The Morgan fingerprint density at radius 2 is 1.44 bits per heavy atom. The van der Waals surface area contributed by atoms with Gasteiger partial charge in [0.1, 0.15) is 5.75 Å². The zero-order valence-electron chi connectivity index (χ0n) is 18.3. The average molecular weight is 517 g/mol. The van der Waals surface area contributed by atoms with Crippen molar-refractivity contribution < 1.29 is 17.9 Å². The van der Waals surface area contributed by atoms with Crippen LogP contribution in [0.1, 0.15) is 22.3 Å². The minimum Gasteiger partial charge on any atom is -0.483 e. The number of carbonyl (C=O) groups is 1. The Morgan fingerprint density at radius 3 is 2.03 bits per heavy atom. The van der Waals surface area contributed by atoms with E-state index in [9.17, 15) is 13.2 Å². The second-order valence-corrected chi connectivity index (χ2v) is 10.2. The summed E-state index contributed by atoms with van der Waals surface area (Å²) in [5, 5.41) is 2.72. The van der Waals surface area contributed by atoms with E-state index in [1.54, 1.807) is 24.3 Å². The number of rotatable bonds is 7. The number of nitrogens with one attached hydrogen (secondary N) is 2. The molecule has 0 atom stereocenters. The zero-order valence-corrected chi connectivity index (χ0v) is 20.7. The molecule has 0 spiro atoms. The summed E-state index contributed by atoms with van der Waals surface area (Å²) in [6.45, 7) is 7.56. The van der Waals surface area contributed by atoms with E-state index in [0.717, 1.165) is 26.7 Å². The molecule has 0 aliphatic carbocycles. The number of halogens is 1. The normalized spacial score (nSPS) is 11.2. The van der Waals surface area contributed by atoms with Crippen molar-refractivity contribution in [3.8, 4) is 5.75 Å². The van der Waals surface area contributed by atoms with Gasteiger partial charge in [-0.15, -0.1) is 0 Å². The highest BCUT2D eigenvalue weighted by Gasteiger charge is 2.15. The molecule has 3 rings (SSSR count). The number of amides is 1. The van der Waals surface area contributed by atoms with E-state index in [1.165, 1.54) is 12.1 Å². The number of anilines is 2. The molecule has 0 saturated heterocycles. The van der Waals surface area contributed by atoms with Crippen LogP contribution in [0.2, 0.25) is 0 Å². The number of carbonyl (C=O) groups excluding carboxylic acids is 1. The third kappa shape index (κ3) is 5.89. The van der Waals surface area contributed by atoms with Gasteiger partial charge in [-0.2, -0.15) is 0 Å². The van der Waals surface area contributed by atoms with Crippen molar-refractivity contribution in [2.45, 2.75) is 32.6 Å². The molecule has 3 aromatic rings. The molecular formula is C24H25BrN2O4S. The van der Waals surface area contributed by atoms with Crippen LogP contribution in [0.3, 0.4) is 0 Å². The van der Waals surface area contributed by atoms with Gasteiger partial charge in [0.25, 0.3) is 15.9 Å². The first kappa shape index (κ1) is 23.8. The molecule has 8 heteroatoms. The van der Waals surface area contributed by atoms with Crippen molar-refractivity contribution in [3.05, 3.63) is 81.3 Å². The third-order valence-corrected chi connectivity index (χ3v) is 6.84. The molecule has 0 aromatic heterocycles. The summed E-state index contributed by atoms with van der Waals surface area (Å²) >= 11 is 3.43. The Kier molecular flexibility index (Phi) is 7.26. The van der Waals surface area contributed by atoms with Gasteiger partial charge in [-0.1, -0.05) is 22.0 Å². The number of hydrogen-bond donors (Lipinski definition) is 2. The van der Waals surface area contributed by atoms with Crippen LogP contribution in [-0.4, -0.2) is 20.9 Å². The number of sulfonamides is 1. The minimum atomic E-state index is -3.74. The van der Waals surface area contributed by atoms with Gasteiger partial charge in [0.15, 0.2) is 6.61 Å². The van der Waals surface area contributed by atoms with Crippen LogP contribution in [0, 0.1) is 27.7 Å². The van der Waals surface area contributed by atoms with Crippen LogP contribution >= 0.6 is 15.9 Å². The molecular weight excluding hydrogens is 492 g/mol. The fourth-order valence-electron chi connectivity index (χ4n) is 3.20. The molecule has 0 unspecified atom stereocenters. The van der Waals surface area contributed by atoms with Crippen LogP contribution < -0.4 is 14.8 Å². The second kappa shape index (κ2) is 9.75. The van der Waals surface area contributed by atoms with Crippen molar-refractivity contribution in [2.24, 2.45) is 0 Å². The van der Waals surface area contributed by atoms with Crippen molar-refractivity contribution in [1.29, 1.82) is 0 Å². The Bertz CT molecular complexity index is 1230. The lowest BCUT2D eigenvalue weighted by Gasteiger charge is -2.13. The zero-order chi connectivity index (χ0) is 23.5. The van der Waals surface area contributed by atoms with E-state index < -0.39 is 10.0 Å². The average Bonchev–Trinajstić information content (AvgIpc) is 2.70. The molecule has 2 N–H and O–H groups in total. The summed E-state index contributed by atoms with van der Waals surface area (Å²) in [6, 6.07) is 15.2. The predicted octanol–water partition coefficient (Wildman–Crippen LogP) is 5.50. The first-order valence-electron chi connectivity index (χ1n) is 9.95. The Labute approximate surface area is 197 Å². The van der Waals surface area contributed by atoms with Crippen LogP contribution in [0.5, 0.6) is 5.75 Å². The summed E-state index contributed by atoms with van der Waals surface area (Å²) in [7, 11) is -3.74. The summed E-state index contributed by atoms with van der Waals surface area (Å²) in [5.41, 5.74) is 4.92. The molecule has 168 valence electrons. The molecule has 0 aliphatic rings. The van der Waals surface area contributed by atoms with Crippen molar-refractivity contribution >= 4 is 43.2 Å². The first-order valence-corrected chi connectivity index (χ1v) is 12.2. The highest BCUT2D eigenvalue weighted by Crippen LogP contribution is 2.27. The van der Waals surface area contributed by atoms with Gasteiger partial charge in [-0.3, -0.25) is 9.52 Å². The van der Waals surface area contributed by atoms with Gasteiger partial charge >= 0.3 is 0 Å². The van der Waals surface area contributed by atoms with E-state index in [1.807, 2.05) is 45.9 Å². The Balaban J connectivity index is 1.62. The molecule has 0 radical (unpaired) electrons. The highest BCUT2D eigenvalue weighted by atomic mass is 79.9. The summed E-state index contributed by atoms with van der Waals surface area (Å²) in [6.07, 6.45) is 0.